The summed E-state index contributed by atoms with van der Waals surface area (Å²) in [6.45, 7) is 4.21. The summed E-state index contributed by atoms with van der Waals surface area (Å²) in [5.74, 6) is 0.949. The maximum absolute atomic E-state index is 12.0. The summed E-state index contributed by atoms with van der Waals surface area (Å²) in [7, 11) is 0. The summed E-state index contributed by atoms with van der Waals surface area (Å²) >= 11 is 2.79. The zero-order valence-corrected chi connectivity index (χ0v) is 15.5. The van der Waals surface area contributed by atoms with E-state index in [0.29, 0.717) is 31.3 Å². The zero-order valence-electron chi connectivity index (χ0n) is 13.9. The van der Waals surface area contributed by atoms with E-state index < -0.39 is 6.09 Å². The van der Waals surface area contributed by atoms with Gasteiger partial charge in [0.05, 0.1) is 24.3 Å². The summed E-state index contributed by atoms with van der Waals surface area (Å²) < 4.78 is 0. The molecule has 3 aromatic rings. The number of nitrogens with two attached hydrogens (primary N) is 1. The maximum atomic E-state index is 12.0. The average Bonchev–Trinajstić information content (AvgIpc) is 3.23. The van der Waals surface area contributed by atoms with E-state index in [-0.39, 0.29) is 5.95 Å². The summed E-state index contributed by atoms with van der Waals surface area (Å²) in [4.78, 5) is 37.2. The minimum Gasteiger partial charge on any atom is -0.368 e. The first-order chi connectivity index (χ1) is 12.6. The standard InChI is InChI=1S/C14H16N8O2S2/c1-8-6-25-13(17-8)20-14(23)24-22-4-2-21(3-5-22)10-9-11(26-7-16-9)19-12(15)18-10/h6-7H,2-5H2,1H3,(H2,15,18,19)(H,17,20,23). The predicted molar refractivity (Wildman–Crippen MR) is 100 cm³/mol. The van der Waals surface area contributed by atoms with Crippen LogP contribution in [0.3, 0.4) is 0 Å². The molecule has 4 rings (SSSR count). The average molecular weight is 392 g/mol. The molecule has 1 amide bonds. The summed E-state index contributed by atoms with van der Waals surface area (Å²) in [6.07, 6.45) is -0.541. The first-order valence-electron chi connectivity index (χ1n) is 7.86. The first-order valence-corrected chi connectivity index (χ1v) is 9.62. The Balaban J connectivity index is 1.36. The number of nitrogens with one attached hydrogen (secondary N) is 1. The van der Waals surface area contributed by atoms with E-state index in [9.17, 15) is 4.79 Å². The molecule has 0 unspecified atom stereocenters. The predicted octanol–water partition coefficient (Wildman–Crippen LogP) is 1.72. The molecule has 4 heterocycles. The number of fused-ring (bicyclic) bond motifs is 1. The number of carbonyl (C=O) groups excluding carboxylic acids is 1. The number of amides is 1. The second-order valence-corrected chi connectivity index (χ2v) is 7.32. The SMILES string of the molecule is Cc1csc(NC(=O)ON2CCN(c3nc(N)nc4scnc34)CC2)n1. The lowest BCUT2D eigenvalue weighted by atomic mass is 10.3. The molecule has 3 aromatic heterocycles. The van der Waals surface area contributed by atoms with Gasteiger partial charge in [-0.15, -0.1) is 27.7 Å². The van der Waals surface area contributed by atoms with Crippen molar-refractivity contribution in [2.24, 2.45) is 0 Å². The molecule has 136 valence electrons. The number of thiazole rings is 2. The largest absolute Gasteiger partial charge is 0.432 e. The van der Waals surface area contributed by atoms with Gasteiger partial charge in [-0.25, -0.2) is 19.7 Å². The number of hydrogen-bond donors (Lipinski definition) is 2. The smallest absolute Gasteiger partial charge is 0.368 e. The summed E-state index contributed by atoms with van der Waals surface area (Å²) in [5, 5.41) is 6.63. The van der Waals surface area contributed by atoms with Gasteiger partial charge in [-0.3, -0.25) is 5.32 Å². The van der Waals surface area contributed by atoms with Gasteiger partial charge in [0.15, 0.2) is 15.8 Å². The van der Waals surface area contributed by atoms with Crippen molar-refractivity contribution in [1.29, 1.82) is 0 Å². The van der Waals surface area contributed by atoms with E-state index in [0.717, 1.165) is 21.9 Å². The van der Waals surface area contributed by atoms with Gasteiger partial charge in [0.1, 0.15) is 5.52 Å². The van der Waals surface area contributed by atoms with Crippen LogP contribution in [0.25, 0.3) is 10.3 Å². The fourth-order valence-electron chi connectivity index (χ4n) is 2.61. The lowest BCUT2D eigenvalue weighted by molar-refractivity contribution is -0.0966. The summed E-state index contributed by atoms with van der Waals surface area (Å²) in [6, 6.07) is 0. The van der Waals surface area contributed by atoms with Crippen LogP contribution >= 0.6 is 22.7 Å². The van der Waals surface area contributed by atoms with Crippen molar-refractivity contribution in [3.8, 4) is 0 Å². The van der Waals surface area contributed by atoms with Crippen molar-refractivity contribution in [2.75, 3.05) is 42.1 Å². The Morgan fingerprint density at radius 3 is 2.77 bits per heavy atom. The Labute approximate surface area is 156 Å². The molecule has 10 nitrogen and oxygen atoms in total. The second kappa shape index (κ2) is 6.97. The highest BCUT2D eigenvalue weighted by molar-refractivity contribution is 7.16. The first kappa shape index (κ1) is 16.9. The van der Waals surface area contributed by atoms with Crippen LogP contribution in [0.15, 0.2) is 10.9 Å². The van der Waals surface area contributed by atoms with Crippen LogP contribution in [-0.4, -0.2) is 57.3 Å². The van der Waals surface area contributed by atoms with Gasteiger partial charge in [0.2, 0.25) is 5.95 Å². The van der Waals surface area contributed by atoms with E-state index >= 15 is 0 Å². The molecule has 0 spiro atoms. The highest BCUT2D eigenvalue weighted by atomic mass is 32.1. The number of carbonyl (C=O) groups is 1. The Morgan fingerprint density at radius 2 is 2.04 bits per heavy atom. The minimum absolute atomic E-state index is 0.230. The second-order valence-electron chi connectivity index (χ2n) is 5.63. The molecule has 0 aromatic carbocycles. The molecular formula is C14H16N8O2S2. The molecule has 0 radical (unpaired) electrons. The topological polar surface area (TPSA) is 122 Å². The molecule has 1 aliphatic heterocycles. The van der Waals surface area contributed by atoms with Gasteiger partial charge >= 0.3 is 6.09 Å². The molecule has 12 heteroatoms. The normalized spacial score (nSPS) is 15.3. The number of aromatic nitrogens is 4. The van der Waals surface area contributed by atoms with Gasteiger partial charge in [-0.2, -0.15) is 4.98 Å². The Morgan fingerprint density at radius 1 is 1.23 bits per heavy atom. The quantitative estimate of drug-likeness (QED) is 0.686. The molecule has 1 fully saturated rings. The Hall–Kier alpha value is -2.57. The number of anilines is 3. The fourth-order valence-corrected chi connectivity index (χ4v) is 3.95. The van der Waals surface area contributed by atoms with Crippen molar-refractivity contribution >= 4 is 56.0 Å². The van der Waals surface area contributed by atoms with Gasteiger partial charge in [0.25, 0.3) is 0 Å². The van der Waals surface area contributed by atoms with Crippen LogP contribution in [0.1, 0.15) is 5.69 Å². The van der Waals surface area contributed by atoms with E-state index in [4.69, 9.17) is 10.6 Å². The van der Waals surface area contributed by atoms with Crippen LogP contribution in [-0.2, 0) is 4.84 Å². The van der Waals surface area contributed by atoms with Crippen molar-refractivity contribution in [3.05, 3.63) is 16.6 Å². The molecular weight excluding hydrogens is 376 g/mol. The monoisotopic (exact) mass is 392 g/mol. The van der Waals surface area contributed by atoms with Crippen molar-refractivity contribution in [3.63, 3.8) is 0 Å². The highest BCUT2D eigenvalue weighted by Crippen LogP contribution is 2.26. The fraction of sp³-hybridized carbons (Fsp3) is 0.357. The molecule has 26 heavy (non-hydrogen) atoms. The van der Waals surface area contributed by atoms with Crippen molar-refractivity contribution < 1.29 is 9.63 Å². The van der Waals surface area contributed by atoms with Crippen LogP contribution in [0.2, 0.25) is 0 Å². The van der Waals surface area contributed by atoms with E-state index in [2.05, 4.69) is 30.2 Å². The number of rotatable bonds is 3. The van der Waals surface area contributed by atoms with E-state index in [1.54, 1.807) is 10.6 Å². The number of nitrogen functional groups attached to an aromatic ring is 1. The third-order valence-corrected chi connectivity index (χ3v) is 5.37. The van der Waals surface area contributed by atoms with Crippen molar-refractivity contribution in [2.45, 2.75) is 6.92 Å². The Bertz CT molecular complexity index is 934. The molecule has 0 atom stereocenters. The number of piperazine rings is 1. The Kier molecular flexibility index (Phi) is 4.53. The zero-order chi connectivity index (χ0) is 18.1. The highest BCUT2D eigenvalue weighted by Gasteiger charge is 2.24. The molecule has 0 bridgehead atoms. The molecule has 0 aliphatic carbocycles. The van der Waals surface area contributed by atoms with Gasteiger partial charge < -0.3 is 15.5 Å². The van der Waals surface area contributed by atoms with Gasteiger partial charge in [0, 0.05) is 18.5 Å². The molecule has 1 saturated heterocycles. The number of hydroxylamine groups is 2. The third-order valence-electron chi connectivity index (χ3n) is 3.78. The lowest BCUT2D eigenvalue weighted by Crippen LogP contribution is -2.47. The number of hydrogen-bond acceptors (Lipinski definition) is 11. The van der Waals surface area contributed by atoms with Crippen LogP contribution in [0, 0.1) is 6.92 Å². The van der Waals surface area contributed by atoms with Gasteiger partial charge in [-0.1, -0.05) is 0 Å². The maximum Gasteiger partial charge on any atom is 0.432 e. The third kappa shape index (κ3) is 3.52. The van der Waals surface area contributed by atoms with Gasteiger partial charge in [-0.05, 0) is 6.92 Å². The van der Waals surface area contributed by atoms with Crippen LogP contribution in [0.4, 0.5) is 21.7 Å². The number of aryl methyl sites for hydroxylation is 1. The summed E-state index contributed by atoms with van der Waals surface area (Å²) in [5.41, 5.74) is 9.13. The number of nitrogens with zero attached hydrogens (tertiary/aromatic N) is 6. The van der Waals surface area contributed by atoms with E-state index in [1.165, 1.54) is 22.7 Å². The van der Waals surface area contributed by atoms with E-state index in [1.807, 2.05) is 12.3 Å². The van der Waals surface area contributed by atoms with Crippen LogP contribution < -0.4 is 16.0 Å². The lowest BCUT2D eigenvalue weighted by Gasteiger charge is -2.33. The molecule has 0 saturated carbocycles. The minimum atomic E-state index is -0.541. The molecule has 3 N–H and O–H groups in total. The molecule has 1 aliphatic rings. The van der Waals surface area contributed by atoms with Crippen LogP contribution in [0.5, 0.6) is 0 Å². The van der Waals surface area contributed by atoms with Crippen molar-refractivity contribution in [1.82, 2.24) is 25.0 Å².